The molecule has 0 saturated carbocycles. The summed E-state index contributed by atoms with van der Waals surface area (Å²) in [6, 6.07) is 11.6. The third-order valence-electron chi connectivity index (χ3n) is 3.03. The molecule has 19 heavy (non-hydrogen) atoms. The lowest BCUT2D eigenvalue weighted by Gasteiger charge is -2.19. The molecule has 0 aliphatic carbocycles. The van der Waals surface area contributed by atoms with E-state index in [1.807, 2.05) is 19.9 Å². The molecular weight excluding hydrogens is 254 g/mol. The Labute approximate surface area is 119 Å². The summed E-state index contributed by atoms with van der Waals surface area (Å²) in [5, 5.41) is 3.47. The van der Waals surface area contributed by atoms with Crippen molar-refractivity contribution in [3.05, 3.63) is 30.3 Å². The van der Waals surface area contributed by atoms with Gasteiger partial charge in [-0.15, -0.1) is 0 Å². The highest BCUT2D eigenvalue weighted by molar-refractivity contribution is 6.36. The third kappa shape index (κ3) is 7.35. The van der Waals surface area contributed by atoms with Gasteiger partial charge in [-0.2, -0.15) is 0 Å². The summed E-state index contributed by atoms with van der Waals surface area (Å²) in [6.07, 6.45) is 0. The van der Waals surface area contributed by atoms with Gasteiger partial charge in [0.2, 0.25) is 0 Å². The number of rotatable bonds is 10. The second kappa shape index (κ2) is 10.0. The van der Waals surface area contributed by atoms with Crippen LogP contribution in [-0.2, 0) is 9.47 Å². The minimum atomic E-state index is -0.329. The zero-order chi connectivity index (χ0) is 13.9. The van der Waals surface area contributed by atoms with Crippen LogP contribution >= 0.6 is 0 Å². The summed E-state index contributed by atoms with van der Waals surface area (Å²) in [5.41, 5.74) is 1.20. The average molecular weight is 281 g/mol. The molecule has 0 aliphatic heterocycles. The van der Waals surface area contributed by atoms with E-state index in [1.54, 1.807) is 0 Å². The minimum Gasteiger partial charge on any atom is -0.385 e. The quantitative estimate of drug-likeness (QED) is 0.528. The van der Waals surface area contributed by atoms with E-state index in [9.17, 15) is 0 Å². The Bertz CT molecular complexity index is 315. The molecular formula is C15H27NO2Si. The van der Waals surface area contributed by atoms with Crippen molar-refractivity contribution in [2.24, 2.45) is 5.92 Å². The maximum Gasteiger partial charge on any atom is 0.134 e. The van der Waals surface area contributed by atoms with Crippen molar-refractivity contribution in [1.82, 2.24) is 0 Å². The number of hydrogen-bond donors (Lipinski definition) is 1. The van der Waals surface area contributed by atoms with Crippen molar-refractivity contribution >= 4 is 15.2 Å². The zero-order valence-electron chi connectivity index (χ0n) is 12.4. The lowest BCUT2D eigenvalue weighted by atomic mass is 10.2. The summed E-state index contributed by atoms with van der Waals surface area (Å²) in [5.74, 6) is 0.754. The molecule has 1 rings (SSSR count). The first-order chi connectivity index (χ1) is 9.26. The topological polar surface area (TPSA) is 30.5 Å². The van der Waals surface area contributed by atoms with E-state index in [-0.39, 0.29) is 15.4 Å². The molecule has 0 spiro atoms. The molecule has 4 heteroatoms. The van der Waals surface area contributed by atoms with Crippen molar-refractivity contribution < 1.29 is 9.47 Å². The highest BCUT2D eigenvalue weighted by Gasteiger charge is 2.11. The van der Waals surface area contributed by atoms with Crippen LogP contribution < -0.4 is 5.32 Å². The summed E-state index contributed by atoms with van der Waals surface area (Å²) >= 11 is 0. The van der Waals surface area contributed by atoms with E-state index in [4.69, 9.17) is 9.47 Å². The van der Waals surface area contributed by atoms with Crippen LogP contribution in [0.5, 0.6) is 0 Å². The molecule has 0 heterocycles. The minimum absolute atomic E-state index is 0.0918. The molecule has 0 aliphatic rings. The second-order valence-electron chi connectivity index (χ2n) is 4.77. The van der Waals surface area contributed by atoms with Gasteiger partial charge in [0, 0.05) is 25.4 Å². The molecule has 1 atom stereocenters. The number of anilines is 1. The van der Waals surface area contributed by atoms with E-state index in [1.165, 1.54) is 11.7 Å². The van der Waals surface area contributed by atoms with Gasteiger partial charge in [-0.3, -0.25) is 0 Å². The van der Waals surface area contributed by atoms with Gasteiger partial charge >= 0.3 is 0 Å². The van der Waals surface area contributed by atoms with Crippen LogP contribution in [-0.4, -0.2) is 35.2 Å². The predicted octanol–water partition coefficient (Wildman–Crippen LogP) is 2.68. The van der Waals surface area contributed by atoms with Gasteiger partial charge in [0.1, 0.15) is 5.91 Å². The van der Waals surface area contributed by atoms with Crippen LogP contribution in [0.4, 0.5) is 5.69 Å². The van der Waals surface area contributed by atoms with Crippen LogP contribution in [0.3, 0.4) is 0 Å². The third-order valence-corrected chi connectivity index (χ3v) is 5.29. The van der Waals surface area contributed by atoms with E-state index in [2.05, 4.69) is 36.5 Å². The SMILES string of the molecule is CCOC(OCC)[SiH2]CC(C)CNc1ccccc1. The van der Waals surface area contributed by atoms with Crippen LogP contribution in [0.1, 0.15) is 20.8 Å². The van der Waals surface area contributed by atoms with Crippen molar-refractivity contribution in [2.75, 3.05) is 25.1 Å². The number of hydrogen-bond acceptors (Lipinski definition) is 3. The Balaban J connectivity index is 2.21. The fraction of sp³-hybridized carbons (Fsp3) is 0.600. The molecule has 1 aromatic carbocycles. The Morgan fingerprint density at radius 3 is 2.32 bits per heavy atom. The first kappa shape index (κ1) is 16.2. The standard InChI is InChI=1S/C15H27NO2Si/c1-4-17-15(18-5-2)19-12-13(3)11-16-14-9-7-6-8-10-14/h6-10,13,15-16H,4-5,11-12,19H2,1-3H3. The van der Waals surface area contributed by atoms with Gasteiger partial charge in [0.05, 0.1) is 9.52 Å². The van der Waals surface area contributed by atoms with Gasteiger partial charge in [0.25, 0.3) is 0 Å². The van der Waals surface area contributed by atoms with Gasteiger partial charge in [-0.05, 0) is 31.9 Å². The van der Waals surface area contributed by atoms with Gasteiger partial charge in [-0.1, -0.05) is 31.2 Å². The van der Waals surface area contributed by atoms with Crippen LogP contribution in [0.15, 0.2) is 30.3 Å². The van der Waals surface area contributed by atoms with Gasteiger partial charge in [0.15, 0.2) is 0 Å². The summed E-state index contributed by atoms with van der Waals surface area (Å²) in [7, 11) is -0.329. The van der Waals surface area contributed by atoms with Crippen molar-refractivity contribution in [1.29, 1.82) is 0 Å². The molecule has 0 saturated heterocycles. The number of nitrogens with one attached hydrogen (secondary N) is 1. The lowest BCUT2D eigenvalue weighted by Crippen LogP contribution is -2.27. The molecule has 0 amide bonds. The monoisotopic (exact) mass is 281 g/mol. The van der Waals surface area contributed by atoms with E-state index in [0.717, 1.165) is 19.8 Å². The zero-order valence-corrected chi connectivity index (χ0v) is 13.8. The van der Waals surface area contributed by atoms with Crippen LogP contribution in [0, 0.1) is 5.92 Å². The summed E-state index contributed by atoms with van der Waals surface area (Å²) in [4.78, 5) is 0. The number of para-hydroxylation sites is 1. The molecule has 1 aromatic rings. The Morgan fingerprint density at radius 2 is 1.74 bits per heavy atom. The highest BCUT2D eigenvalue weighted by atomic mass is 28.2. The van der Waals surface area contributed by atoms with Crippen molar-refractivity contribution in [2.45, 2.75) is 32.7 Å². The molecule has 0 fully saturated rings. The summed E-state index contributed by atoms with van der Waals surface area (Å²) < 4.78 is 11.2. The Morgan fingerprint density at radius 1 is 1.11 bits per heavy atom. The normalized spacial score (nSPS) is 13.3. The molecule has 1 unspecified atom stereocenters. The molecule has 0 bridgehead atoms. The smallest absolute Gasteiger partial charge is 0.134 e. The molecule has 1 N–H and O–H groups in total. The van der Waals surface area contributed by atoms with Gasteiger partial charge < -0.3 is 14.8 Å². The van der Waals surface area contributed by atoms with E-state index in [0.29, 0.717) is 5.92 Å². The Hall–Kier alpha value is -0.843. The van der Waals surface area contributed by atoms with E-state index >= 15 is 0 Å². The van der Waals surface area contributed by atoms with Gasteiger partial charge in [-0.25, -0.2) is 0 Å². The maximum absolute atomic E-state index is 5.61. The predicted molar refractivity (Wildman–Crippen MR) is 84.5 cm³/mol. The van der Waals surface area contributed by atoms with Crippen molar-refractivity contribution in [3.8, 4) is 0 Å². The molecule has 3 nitrogen and oxygen atoms in total. The largest absolute Gasteiger partial charge is 0.385 e. The molecule has 0 radical (unpaired) electrons. The van der Waals surface area contributed by atoms with Crippen LogP contribution in [0.25, 0.3) is 0 Å². The molecule has 0 aromatic heterocycles. The molecule has 108 valence electrons. The fourth-order valence-electron chi connectivity index (χ4n) is 1.96. The first-order valence-corrected chi connectivity index (χ1v) is 9.10. The fourth-order valence-corrected chi connectivity index (χ4v) is 3.81. The first-order valence-electron chi connectivity index (χ1n) is 7.28. The average Bonchev–Trinajstić information content (AvgIpc) is 2.44. The second-order valence-corrected chi connectivity index (χ2v) is 6.59. The summed E-state index contributed by atoms with van der Waals surface area (Å²) in [6.45, 7) is 8.85. The highest BCUT2D eigenvalue weighted by Crippen LogP contribution is 2.10. The Kier molecular flexibility index (Phi) is 8.54. The lowest BCUT2D eigenvalue weighted by molar-refractivity contribution is -0.0829. The van der Waals surface area contributed by atoms with Crippen LogP contribution in [0.2, 0.25) is 6.04 Å². The van der Waals surface area contributed by atoms with Crippen molar-refractivity contribution in [3.63, 3.8) is 0 Å². The number of ether oxygens (including phenoxy) is 2. The maximum atomic E-state index is 5.61. The van der Waals surface area contributed by atoms with E-state index < -0.39 is 0 Å². The number of benzene rings is 1.